The summed E-state index contributed by atoms with van der Waals surface area (Å²) in [5.41, 5.74) is 1.32. The van der Waals surface area contributed by atoms with Gasteiger partial charge >= 0.3 is 0 Å². The van der Waals surface area contributed by atoms with Crippen molar-refractivity contribution in [1.82, 2.24) is 5.43 Å². The Hall–Kier alpha value is -2.44. The minimum absolute atomic E-state index is 0.0966. The van der Waals surface area contributed by atoms with Crippen LogP contribution in [0.5, 0.6) is 5.75 Å². The highest BCUT2D eigenvalue weighted by atomic mass is 16.3. The van der Waals surface area contributed by atoms with Gasteiger partial charge in [0.1, 0.15) is 17.5 Å². The van der Waals surface area contributed by atoms with E-state index in [1.807, 2.05) is 41.5 Å². The van der Waals surface area contributed by atoms with Crippen molar-refractivity contribution in [3.8, 4) is 5.75 Å². The van der Waals surface area contributed by atoms with Gasteiger partial charge in [0.15, 0.2) is 0 Å². The molecule has 2 atom stereocenters. The Morgan fingerprint density at radius 2 is 1.79 bits per heavy atom. The zero-order valence-corrected chi connectivity index (χ0v) is 17.3. The molecular weight excluding hydrogens is 356 g/mol. The van der Waals surface area contributed by atoms with Gasteiger partial charge < -0.3 is 15.3 Å². The fraction of sp³-hybridized carbons (Fsp3) is 0.455. The standard InChI is InChI=1S/C22H30N2O4/c1-20(2,3)15-11-14(18(26)22(28,12-15)21(4,5)6)13-23-24-19(27)16-9-7-8-10-17(16)25/h7-13,18,25-26,28H,1-6H3,(H,24,27). The van der Waals surface area contributed by atoms with Crippen LogP contribution >= 0.6 is 0 Å². The van der Waals surface area contributed by atoms with Crippen LogP contribution in [0, 0.1) is 10.8 Å². The Balaban J connectivity index is 2.32. The molecule has 28 heavy (non-hydrogen) atoms. The molecule has 0 aromatic heterocycles. The number of nitrogens with zero attached hydrogens (tertiary/aromatic N) is 1. The number of hydrazone groups is 1. The van der Waals surface area contributed by atoms with Crippen molar-refractivity contribution < 1.29 is 20.1 Å². The molecule has 0 saturated carbocycles. The van der Waals surface area contributed by atoms with Crippen molar-refractivity contribution >= 4 is 12.1 Å². The largest absolute Gasteiger partial charge is 0.507 e. The molecule has 0 bridgehead atoms. The molecule has 6 heteroatoms. The molecule has 6 nitrogen and oxygen atoms in total. The van der Waals surface area contributed by atoms with E-state index in [1.165, 1.54) is 18.3 Å². The van der Waals surface area contributed by atoms with Crippen molar-refractivity contribution in [2.24, 2.45) is 15.9 Å². The lowest BCUT2D eigenvalue weighted by Gasteiger charge is -2.45. The number of phenols is 1. The molecule has 0 heterocycles. The molecule has 1 aromatic carbocycles. The number of phenolic OH excluding ortho intramolecular Hbond substituents is 1. The molecule has 0 fully saturated rings. The molecule has 0 aliphatic heterocycles. The van der Waals surface area contributed by atoms with Crippen molar-refractivity contribution in [2.45, 2.75) is 53.2 Å². The van der Waals surface area contributed by atoms with Gasteiger partial charge in [-0.3, -0.25) is 4.79 Å². The van der Waals surface area contributed by atoms with Gasteiger partial charge in [0.05, 0.1) is 11.8 Å². The summed E-state index contributed by atoms with van der Waals surface area (Å²) in [7, 11) is 0. The van der Waals surface area contributed by atoms with Crippen LogP contribution in [0.4, 0.5) is 0 Å². The molecule has 0 spiro atoms. The maximum Gasteiger partial charge on any atom is 0.275 e. The lowest BCUT2D eigenvalue weighted by Crippen LogP contribution is -2.54. The molecule has 1 amide bonds. The Labute approximate surface area is 166 Å². The van der Waals surface area contributed by atoms with E-state index in [-0.39, 0.29) is 16.7 Å². The normalized spacial score (nSPS) is 23.4. The van der Waals surface area contributed by atoms with E-state index < -0.39 is 23.0 Å². The molecule has 152 valence electrons. The van der Waals surface area contributed by atoms with Crippen LogP contribution in [0.25, 0.3) is 0 Å². The SMILES string of the molecule is CC(C)(C)C1=CC(O)(C(C)(C)C)C(O)C(C=NNC(=O)c2ccccc2O)=C1. The molecule has 1 aliphatic rings. The minimum Gasteiger partial charge on any atom is -0.507 e. The summed E-state index contributed by atoms with van der Waals surface area (Å²) in [6.07, 6.45) is 3.62. The number of hydrogen-bond acceptors (Lipinski definition) is 5. The van der Waals surface area contributed by atoms with Crippen molar-refractivity contribution in [1.29, 1.82) is 0 Å². The van der Waals surface area contributed by atoms with Crippen molar-refractivity contribution in [3.63, 3.8) is 0 Å². The number of carbonyl (C=O) groups excluding carboxylic acids is 1. The summed E-state index contributed by atoms with van der Waals surface area (Å²) >= 11 is 0. The smallest absolute Gasteiger partial charge is 0.275 e. The fourth-order valence-electron chi connectivity index (χ4n) is 2.93. The summed E-state index contributed by atoms with van der Waals surface area (Å²) in [6.45, 7) is 11.6. The van der Waals surface area contributed by atoms with Crippen LogP contribution in [0.2, 0.25) is 0 Å². The number of carbonyl (C=O) groups is 1. The Kier molecular flexibility index (Phi) is 5.87. The number of benzene rings is 1. The van der Waals surface area contributed by atoms with Crippen molar-refractivity contribution in [2.75, 3.05) is 0 Å². The molecule has 1 aromatic rings. The third-order valence-electron chi connectivity index (χ3n) is 5.03. The van der Waals surface area contributed by atoms with Gasteiger partial charge in [0, 0.05) is 5.57 Å². The number of amides is 1. The van der Waals surface area contributed by atoms with E-state index in [9.17, 15) is 20.1 Å². The highest BCUT2D eigenvalue weighted by Crippen LogP contribution is 2.43. The van der Waals surface area contributed by atoms with Crippen LogP contribution in [-0.4, -0.2) is 39.1 Å². The molecule has 0 radical (unpaired) electrons. The minimum atomic E-state index is -1.49. The average molecular weight is 386 g/mol. The van der Waals surface area contributed by atoms with Gasteiger partial charge in [-0.15, -0.1) is 0 Å². The number of hydrogen-bond donors (Lipinski definition) is 4. The first-order valence-electron chi connectivity index (χ1n) is 9.24. The number of allylic oxidation sites excluding steroid dienone is 2. The first-order valence-corrected chi connectivity index (χ1v) is 9.24. The highest BCUT2D eigenvalue weighted by Gasteiger charge is 2.48. The molecule has 0 saturated heterocycles. The van der Waals surface area contributed by atoms with Crippen LogP contribution in [0.15, 0.2) is 52.7 Å². The lowest BCUT2D eigenvalue weighted by atomic mass is 9.66. The number of nitrogens with one attached hydrogen (secondary N) is 1. The van der Waals surface area contributed by atoms with Crippen LogP contribution < -0.4 is 5.43 Å². The predicted octanol–water partition coefficient (Wildman–Crippen LogP) is 3.16. The predicted molar refractivity (Wildman–Crippen MR) is 110 cm³/mol. The first-order chi connectivity index (χ1) is 12.8. The summed E-state index contributed by atoms with van der Waals surface area (Å²) in [5.74, 6) is -0.718. The zero-order chi connectivity index (χ0) is 21.3. The quantitative estimate of drug-likeness (QED) is 0.473. The van der Waals surface area contributed by atoms with Gasteiger partial charge in [-0.2, -0.15) is 5.10 Å². The maximum atomic E-state index is 12.2. The molecule has 1 aliphatic carbocycles. The van der Waals surface area contributed by atoms with E-state index in [0.29, 0.717) is 5.57 Å². The van der Waals surface area contributed by atoms with E-state index in [1.54, 1.807) is 24.3 Å². The number of rotatable bonds is 3. The van der Waals surface area contributed by atoms with Crippen LogP contribution in [-0.2, 0) is 0 Å². The average Bonchev–Trinajstić information content (AvgIpc) is 2.56. The van der Waals surface area contributed by atoms with E-state index in [4.69, 9.17) is 0 Å². The Morgan fingerprint density at radius 3 is 2.32 bits per heavy atom. The first kappa shape index (κ1) is 21.9. The van der Waals surface area contributed by atoms with E-state index in [2.05, 4.69) is 10.5 Å². The molecule has 2 unspecified atom stereocenters. The molecule has 2 rings (SSSR count). The second-order valence-corrected chi connectivity index (χ2v) is 9.19. The summed E-state index contributed by atoms with van der Waals surface area (Å²) in [6, 6.07) is 6.14. The van der Waals surface area contributed by atoms with Gasteiger partial charge in [-0.05, 0) is 34.6 Å². The second kappa shape index (κ2) is 7.53. The molecular formula is C22H30N2O4. The number of para-hydroxylation sites is 1. The van der Waals surface area contributed by atoms with E-state index in [0.717, 1.165) is 5.57 Å². The maximum absolute atomic E-state index is 12.2. The van der Waals surface area contributed by atoms with Crippen LogP contribution in [0.3, 0.4) is 0 Å². The summed E-state index contributed by atoms with van der Waals surface area (Å²) in [4.78, 5) is 12.2. The second-order valence-electron chi connectivity index (χ2n) is 9.19. The van der Waals surface area contributed by atoms with Gasteiger partial charge in [0.25, 0.3) is 5.91 Å². The zero-order valence-electron chi connectivity index (χ0n) is 17.3. The number of aliphatic hydroxyl groups is 2. The highest BCUT2D eigenvalue weighted by molar-refractivity contribution is 5.97. The molecule has 4 N–H and O–H groups in total. The number of aliphatic hydroxyl groups excluding tert-OH is 1. The fourth-order valence-corrected chi connectivity index (χ4v) is 2.93. The third-order valence-corrected chi connectivity index (χ3v) is 5.03. The lowest BCUT2D eigenvalue weighted by molar-refractivity contribution is -0.0915. The third kappa shape index (κ3) is 4.34. The van der Waals surface area contributed by atoms with Crippen LogP contribution in [0.1, 0.15) is 51.9 Å². The van der Waals surface area contributed by atoms with Crippen molar-refractivity contribution in [3.05, 3.63) is 53.1 Å². The van der Waals surface area contributed by atoms with Gasteiger partial charge in [-0.1, -0.05) is 59.8 Å². The van der Waals surface area contributed by atoms with E-state index >= 15 is 0 Å². The Bertz CT molecular complexity index is 841. The van der Waals surface area contributed by atoms with Gasteiger partial charge in [0.2, 0.25) is 0 Å². The Morgan fingerprint density at radius 1 is 1.18 bits per heavy atom. The van der Waals surface area contributed by atoms with Gasteiger partial charge in [-0.25, -0.2) is 5.43 Å². The number of aromatic hydroxyl groups is 1. The summed E-state index contributed by atoms with van der Waals surface area (Å²) in [5, 5.41) is 35.8. The monoisotopic (exact) mass is 386 g/mol. The summed E-state index contributed by atoms with van der Waals surface area (Å²) < 4.78 is 0. The topological polar surface area (TPSA) is 102 Å².